The molecule has 0 saturated heterocycles. The summed E-state index contributed by atoms with van der Waals surface area (Å²) in [7, 11) is 0. The second kappa shape index (κ2) is 7.13. The van der Waals surface area contributed by atoms with Gasteiger partial charge in [0.15, 0.2) is 5.69 Å². The molecule has 2 aromatic carbocycles. The highest BCUT2D eigenvalue weighted by molar-refractivity contribution is 9.10. The molecule has 4 aromatic rings. The lowest BCUT2D eigenvalue weighted by atomic mass is 10.1. The molecule has 0 bridgehead atoms. The Bertz CT molecular complexity index is 1260. The van der Waals surface area contributed by atoms with Gasteiger partial charge < -0.3 is 10.2 Å². The molecular formula is C22H18BrN2O3+. The number of fused-ring (bicyclic) bond motifs is 1. The molecule has 0 atom stereocenters. The van der Waals surface area contributed by atoms with Crippen molar-refractivity contribution >= 4 is 21.6 Å². The molecule has 5 nitrogen and oxygen atoms in total. The second-order valence-electron chi connectivity index (χ2n) is 6.60. The first-order valence-electron chi connectivity index (χ1n) is 8.77. The summed E-state index contributed by atoms with van der Waals surface area (Å²) in [6.07, 6.45) is 1.88. The van der Waals surface area contributed by atoms with Gasteiger partial charge in [0, 0.05) is 6.07 Å². The molecule has 2 N–H and O–H groups in total. The van der Waals surface area contributed by atoms with Crippen LogP contribution >= 0.6 is 15.9 Å². The Hall–Kier alpha value is -3.12. The van der Waals surface area contributed by atoms with Crippen molar-refractivity contribution in [3.8, 4) is 22.8 Å². The van der Waals surface area contributed by atoms with Gasteiger partial charge in [-0.2, -0.15) is 8.97 Å². The van der Waals surface area contributed by atoms with Crippen LogP contribution in [-0.2, 0) is 6.54 Å². The first kappa shape index (κ1) is 18.3. The number of pyridine rings is 1. The average molecular weight is 438 g/mol. The fraction of sp³-hybridized carbons (Fsp3) is 0.0909. The third-order valence-electron chi connectivity index (χ3n) is 4.79. The fourth-order valence-corrected chi connectivity index (χ4v) is 3.85. The van der Waals surface area contributed by atoms with Crippen molar-refractivity contribution in [2.75, 3.05) is 0 Å². The number of hydrogen-bond donors (Lipinski definition) is 2. The molecule has 0 fully saturated rings. The van der Waals surface area contributed by atoms with Crippen LogP contribution in [0.25, 0.3) is 16.9 Å². The molecule has 4 rings (SSSR count). The van der Waals surface area contributed by atoms with E-state index in [-0.39, 0.29) is 17.1 Å². The van der Waals surface area contributed by atoms with Crippen molar-refractivity contribution in [1.82, 2.24) is 4.57 Å². The summed E-state index contributed by atoms with van der Waals surface area (Å²) in [5, 5.41) is 20.1. The summed E-state index contributed by atoms with van der Waals surface area (Å²) < 4.78 is 4.19. The molecule has 0 spiro atoms. The summed E-state index contributed by atoms with van der Waals surface area (Å²) in [4.78, 5) is 13.3. The zero-order chi connectivity index (χ0) is 19.8. The monoisotopic (exact) mass is 437 g/mol. The molecule has 2 aromatic heterocycles. The molecule has 0 aliphatic rings. The maximum Gasteiger partial charge on any atom is 0.341 e. The minimum atomic E-state index is -0.131. The van der Waals surface area contributed by atoms with E-state index in [1.807, 2.05) is 34.9 Å². The average Bonchev–Trinajstić information content (AvgIpc) is 2.69. The predicted molar refractivity (Wildman–Crippen MR) is 111 cm³/mol. The van der Waals surface area contributed by atoms with Gasteiger partial charge in [-0.3, -0.25) is 0 Å². The summed E-state index contributed by atoms with van der Waals surface area (Å²) in [5.41, 5.74) is 3.28. The highest BCUT2D eigenvalue weighted by Crippen LogP contribution is 2.28. The SMILES string of the molecule is Cc1c(-c2ccccc2O)[n+]2ccccc2n(Cc2ccc(O)c(Br)c2)c1=O. The quantitative estimate of drug-likeness (QED) is 0.479. The van der Waals surface area contributed by atoms with E-state index in [9.17, 15) is 15.0 Å². The standard InChI is InChI=1S/C22H17BrN2O3/c1-14-21(16-6-2-3-7-18(16)26)24-11-5-4-8-20(24)25(22(14)28)13-15-9-10-19(27)17(23)12-15/h2-12H,13H2,1H3,(H-,26,27,28)/p+1. The zero-order valence-corrected chi connectivity index (χ0v) is 16.7. The van der Waals surface area contributed by atoms with Gasteiger partial charge in [-0.15, -0.1) is 0 Å². The Balaban J connectivity index is 1.99. The maximum atomic E-state index is 13.3. The molecule has 0 aliphatic carbocycles. The molecule has 6 heteroatoms. The smallest absolute Gasteiger partial charge is 0.341 e. The highest BCUT2D eigenvalue weighted by atomic mass is 79.9. The number of halogens is 1. The lowest BCUT2D eigenvalue weighted by molar-refractivity contribution is -0.504. The van der Waals surface area contributed by atoms with Gasteiger partial charge in [0.05, 0.1) is 21.8 Å². The maximum absolute atomic E-state index is 13.3. The minimum Gasteiger partial charge on any atom is -0.507 e. The number of phenols is 2. The number of nitrogens with zero attached hydrogens (tertiary/aromatic N) is 2. The Labute approximate surface area is 169 Å². The normalized spacial score (nSPS) is 11.1. The van der Waals surface area contributed by atoms with Crippen LogP contribution in [0.4, 0.5) is 0 Å². The minimum absolute atomic E-state index is 0.128. The van der Waals surface area contributed by atoms with Gasteiger partial charge in [0.1, 0.15) is 18.0 Å². The van der Waals surface area contributed by atoms with E-state index < -0.39 is 0 Å². The van der Waals surface area contributed by atoms with Crippen molar-refractivity contribution in [1.29, 1.82) is 0 Å². The Kier molecular flexibility index (Phi) is 4.65. The first-order chi connectivity index (χ1) is 13.5. The fourth-order valence-electron chi connectivity index (χ4n) is 3.42. The van der Waals surface area contributed by atoms with Gasteiger partial charge in [-0.05, 0) is 58.7 Å². The third-order valence-corrected chi connectivity index (χ3v) is 5.42. The van der Waals surface area contributed by atoms with Gasteiger partial charge in [0.25, 0.3) is 5.65 Å². The zero-order valence-electron chi connectivity index (χ0n) is 15.1. The van der Waals surface area contributed by atoms with E-state index in [2.05, 4.69) is 15.9 Å². The molecule has 28 heavy (non-hydrogen) atoms. The van der Waals surface area contributed by atoms with E-state index in [0.717, 1.165) is 5.56 Å². The number of phenolic OH excluding ortho intramolecular Hbond substituents is 2. The van der Waals surface area contributed by atoms with E-state index in [0.29, 0.717) is 33.5 Å². The Morgan fingerprint density at radius 3 is 2.50 bits per heavy atom. The number of aromatic hydroxyl groups is 2. The Morgan fingerprint density at radius 1 is 1.00 bits per heavy atom. The van der Waals surface area contributed by atoms with Crippen molar-refractivity contribution in [3.63, 3.8) is 0 Å². The molecule has 140 valence electrons. The number of benzene rings is 2. The number of aromatic nitrogens is 2. The largest absolute Gasteiger partial charge is 0.507 e. The number of hydrogen-bond acceptors (Lipinski definition) is 3. The van der Waals surface area contributed by atoms with E-state index >= 15 is 0 Å². The second-order valence-corrected chi connectivity index (χ2v) is 7.45. The first-order valence-corrected chi connectivity index (χ1v) is 9.56. The van der Waals surface area contributed by atoms with E-state index in [1.165, 1.54) is 0 Å². The van der Waals surface area contributed by atoms with Gasteiger partial charge in [-0.25, -0.2) is 4.79 Å². The van der Waals surface area contributed by atoms with Crippen LogP contribution in [0.1, 0.15) is 11.1 Å². The van der Waals surface area contributed by atoms with Crippen LogP contribution in [0.5, 0.6) is 11.5 Å². The van der Waals surface area contributed by atoms with Crippen molar-refractivity contribution in [3.05, 3.63) is 92.8 Å². The van der Waals surface area contributed by atoms with Crippen LogP contribution in [0.2, 0.25) is 0 Å². The highest BCUT2D eigenvalue weighted by Gasteiger charge is 2.24. The molecule has 0 amide bonds. The molecule has 2 heterocycles. The summed E-state index contributed by atoms with van der Waals surface area (Å²) in [6, 6.07) is 17.8. The summed E-state index contributed by atoms with van der Waals surface area (Å²) in [5.74, 6) is 0.282. The topological polar surface area (TPSA) is 66.6 Å². The number of para-hydroxylation sites is 1. The van der Waals surface area contributed by atoms with Gasteiger partial charge in [-0.1, -0.05) is 24.3 Å². The van der Waals surface area contributed by atoms with E-state index in [4.69, 9.17) is 0 Å². The van der Waals surface area contributed by atoms with Crippen LogP contribution in [0, 0.1) is 6.92 Å². The van der Waals surface area contributed by atoms with Crippen molar-refractivity contribution in [2.24, 2.45) is 0 Å². The van der Waals surface area contributed by atoms with Crippen molar-refractivity contribution < 1.29 is 14.6 Å². The lowest BCUT2D eigenvalue weighted by Crippen LogP contribution is -2.38. The van der Waals surface area contributed by atoms with Crippen molar-refractivity contribution in [2.45, 2.75) is 13.5 Å². The lowest BCUT2D eigenvalue weighted by Gasteiger charge is -2.11. The van der Waals surface area contributed by atoms with Crippen LogP contribution < -0.4 is 9.96 Å². The van der Waals surface area contributed by atoms with Crippen LogP contribution in [0.3, 0.4) is 0 Å². The molecule has 0 unspecified atom stereocenters. The summed E-state index contributed by atoms with van der Waals surface area (Å²) >= 11 is 3.32. The van der Waals surface area contributed by atoms with Gasteiger partial charge in [0.2, 0.25) is 0 Å². The third kappa shape index (κ3) is 3.05. The van der Waals surface area contributed by atoms with Crippen LogP contribution in [0.15, 0.2) is 76.1 Å². The summed E-state index contributed by atoms with van der Waals surface area (Å²) in [6.45, 7) is 2.12. The van der Waals surface area contributed by atoms with Crippen LogP contribution in [-0.4, -0.2) is 14.8 Å². The van der Waals surface area contributed by atoms with E-state index in [1.54, 1.807) is 47.9 Å². The van der Waals surface area contributed by atoms with Gasteiger partial charge >= 0.3 is 5.56 Å². The molecule has 0 radical (unpaired) electrons. The molecule has 0 saturated carbocycles. The molecular weight excluding hydrogens is 420 g/mol. The Morgan fingerprint density at radius 2 is 1.75 bits per heavy atom. The predicted octanol–water partition coefficient (Wildman–Crippen LogP) is 3.78. The number of rotatable bonds is 3. The molecule has 0 aliphatic heterocycles.